The van der Waals surface area contributed by atoms with Crippen LogP contribution < -0.4 is 0 Å². The van der Waals surface area contributed by atoms with Gasteiger partial charge in [0.25, 0.3) is 0 Å². The molecule has 0 bridgehead atoms. The molecular formula is C11H9ClN4. The summed E-state index contributed by atoms with van der Waals surface area (Å²) in [4.78, 5) is 11.9. The average molecular weight is 233 g/mol. The van der Waals surface area contributed by atoms with Gasteiger partial charge in [0.15, 0.2) is 5.82 Å². The number of rotatable bonds is 1. The molecule has 4 nitrogen and oxygen atoms in total. The Morgan fingerprint density at radius 2 is 2.25 bits per heavy atom. The molecule has 0 radical (unpaired) electrons. The van der Waals surface area contributed by atoms with Crippen molar-refractivity contribution in [3.05, 3.63) is 35.7 Å². The van der Waals surface area contributed by atoms with E-state index in [1.807, 2.05) is 36.0 Å². The van der Waals surface area contributed by atoms with Crippen LogP contribution in [0.4, 0.5) is 0 Å². The summed E-state index contributed by atoms with van der Waals surface area (Å²) in [5, 5.41) is 0.698. The van der Waals surface area contributed by atoms with Crippen LogP contribution in [0.3, 0.4) is 0 Å². The number of hydrogen-bond donors (Lipinski definition) is 1. The van der Waals surface area contributed by atoms with E-state index in [1.165, 1.54) is 0 Å². The van der Waals surface area contributed by atoms with E-state index in [9.17, 15) is 0 Å². The summed E-state index contributed by atoms with van der Waals surface area (Å²) in [7, 11) is 1.93. The van der Waals surface area contributed by atoms with Crippen molar-refractivity contribution in [1.29, 1.82) is 0 Å². The summed E-state index contributed by atoms with van der Waals surface area (Å²) in [6.07, 6.45) is 3.66. The Morgan fingerprint density at radius 3 is 3.00 bits per heavy atom. The van der Waals surface area contributed by atoms with Crippen molar-refractivity contribution in [2.24, 2.45) is 7.05 Å². The maximum Gasteiger partial charge on any atom is 0.158 e. The highest BCUT2D eigenvalue weighted by Gasteiger charge is 2.07. The fourth-order valence-corrected chi connectivity index (χ4v) is 1.81. The Kier molecular flexibility index (Phi) is 1.97. The molecule has 0 saturated heterocycles. The first-order valence-corrected chi connectivity index (χ1v) is 5.24. The standard InChI is InChI=1S/C11H9ClN4/c1-16-5-10(13-6-16)11-14-8-3-2-7(12)4-9(8)15-11/h2-6H,1H3,(H,14,15). The molecule has 0 fully saturated rings. The fourth-order valence-electron chi connectivity index (χ4n) is 1.64. The third kappa shape index (κ3) is 1.47. The van der Waals surface area contributed by atoms with Gasteiger partial charge in [-0.1, -0.05) is 11.6 Å². The number of halogens is 1. The molecule has 16 heavy (non-hydrogen) atoms. The van der Waals surface area contributed by atoms with Crippen LogP contribution in [-0.4, -0.2) is 19.5 Å². The van der Waals surface area contributed by atoms with E-state index in [0.29, 0.717) is 5.02 Å². The number of hydrogen-bond acceptors (Lipinski definition) is 2. The van der Waals surface area contributed by atoms with E-state index in [2.05, 4.69) is 15.0 Å². The van der Waals surface area contributed by atoms with E-state index in [1.54, 1.807) is 6.33 Å². The Balaban J connectivity index is 2.18. The first-order chi connectivity index (χ1) is 7.72. The van der Waals surface area contributed by atoms with Gasteiger partial charge in [-0.3, -0.25) is 0 Å². The number of nitrogens with one attached hydrogen (secondary N) is 1. The van der Waals surface area contributed by atoms with E-state index in [-0.39, 0.29) is 0 Å². The van der Waals surface area contributed by atoms with Crippen LogP contribution in [0.25, 0.3) is 22.6 Å². The smallest absolute Gasteiger partial charge is 0.158 e. The van der Waals surface area contributed by atoms with Gasteiger partial charge in [-0.15, -0.1) is 0 Å². The number of benzene rings is 1. The molecule has 0 unspecified atom stereocenters. The van der Waals surface area contributed by atoms with Crippen molar-refractivity contribution in [1.82, 2.24) is 19.5 Å². The van der Waals surface area contributed by atoms with Crippen molar-refractivity contribution in [3.8, 4) is 11.5 Å². The minimum absolute atomic E-state index is 0.698. The lowest BCUT2D eigenvalue weighted by atomic mass is 10.3. The molecule has 0 atom stereocenters. The molecular weight excluding hydrogens is 224 g/mol. The monoisotopic (exact) mass is 232 g/mol. The minimum Gasteiger partial charge on any atom is -0.340 e. The number of aromatic nitrogens is 4. The van der Waals surface area contributed by atoms with Gasteiger partial charge in [0, 0.05) is 18.3 Å². The van der Waals surface area contributed by atoms with Gasteiger partial charge < -0.3 is 9.55 Å². The Labute approximate surface area is 96.9 Å². The number of imidazole rings is 2. The molecule has 3 rings (SSSR count). The average Bonchev–Trinajstić information content (AvgIpc) is 2.83. The lowest BCUT2D eigenvalue weighted by Crippen LogP contribution is -1.80. The molecule has 0 amide bonds. The molecule has 1 N–H and O–H groups in total. The van der Waals surface area contributed by atoms with Gasteiger partial charge in [0.05, 0.1) is 17.4 Å². The number of aromatic amines is 1. The second kappa shape index (κ2) is 3.35. The molecule has 0 saturated carbocycles. The van der Waals surface area contributed by atoms with Crippen LogP contribution in [0, 0.1) is 0 Å². The highest BCUT2D eigenvalue weighted by atomic mass is 35.5. The van der Waals surface area contributed by atoms with E-state index in [4.69, 9.17) is 11.6 Å². The van der Waals surface area contributed by atoms with Crippen molar-refractivity contribution in [2.75, 3.05) is 0 Å². The van der Waals surface area contributed by atoms with Crippen molar-refractivity contribution >= 4 is 22.6 Å². The van der Waals surface area contributed by atoms with Crippen LogP contribution in [0.1, 0.15) is 0 Å². The predicted molar refractivity (Wildman–Crippen MR) is 63.3 cm³/mol. The predicted octanol–water partition coefficient (Wildman–Crippen LogP) is 2.62. The third-order valence-electron chi connectivity index (χ3n) is 2.39. The number of fused-ring (bicyclic) bond motifs is 1. The summed E-state index contributed by atoms with van der Waals surface area (Å²) >= 11 is 5.91. The summed E-state index contributed by atoms with van der Waals surface area (Å²) in [6.45, 7) is 0. The van der Waals surface area contributed by atoms with Crippen LogP contribution in [0.5, 0.6) is 0 Å². The molecule has 2 heterocycles. The second-order valence-corrected chi connectivity index (χ2v) is 4.11. The van der Waals surface area contributed by atoms with Crippen LogP contribution in [0.15, 0.2) is 30.7 Å². The SMILES string of the molecule is Cn1cnc(-c2nc3ccc(Cl)cc3[nH]2)c1. The van der Waals surface area contributed by atoms with E-state index >= 15 is 0 Å². The first kappa shape index (κ1) is 9.42. The van der Waals surface area contributed by atoms with E-state index in [0.717, 1.165) is 22.6 Å². The van der Waals surface area contributed by atoms with Gasteiger partial charge in [-0.25, -0.2) is 9.97 Å². The van der Waals surface area contributed by atoms with Crippen molar-refractivity contribution in [2.45, 2.75) is 0 Å². The Bertz CT molecular complexity index is 653. The topological polar surface area (TPSA) is 46.5 Å². The molecule has 0 aliphatic heterocycles. The largest absolute Gasteiger partial charge is 0.340 e. The second-order valence-electron chi connectivity index (χ2n) is 3.67. The number of nitrogens with zero attached hydrogens (tertiary/aromatic N) is 3. The third-order valence-corrected chi connectivity index (χ3v) is 2.63. The van der Waals surface area contributed by atoms with Crippen LogP contribution in [0.2, 0.25) is 5.02 Å². The van der Waals surface area contributed by atoms with Gasteiger partial charge in [-0.2, -0.15) is 0 Å². The molecule has 0 aliphatic rings. The molecule has 3 aromatic rings. The Morgan fingerprint density at radius 1 is 1.38 bits per heavy atom. The van der Waals surface area contributed by atoms with E-state index < -0.39 is 0 Å². The summed E-state index contributed by atoms with van der Waals surface area (Å²) in [5.74, 6) is 0.762. The highest BCUT2D eigenvalue weighted by molar-refractivity contribution is 6.31. The highest BCUT2D eigenvalue weighted by Crippen LogP contribution is 2.21. The molecule has 2 aromatic heterocycles. The summed E-state index contributed by atoms with van der Waals surface area (Å²) < 4.78 is 1.88. The zero-order valence-corrected chi connectivity index (χ0v) is 9.36. The zero-order chi connectivity index (χ0) is 11.1. The van der Waals surface area contributed by atoms with Gasteiger partial charge >= 0.3 is 0 Å². The maximum absolute atomic E-state index is 5.91. The summed E-state index contributed by atoms with van der Waals surface area (Å²) in [6, 6.07) is 5.57. The van der Waals surface area contributed by atoms with Gasteiger partial charge in [-0.05, 0) is 18.2 Å². The maximum atomic E-state index is 5.91. The number of H-pyrrole nitrogens is 1. The fraction of sp³-hybridized carbons (Fsp3) is 0.0909. The molecule has 1 aromatic carbocycles. The number of aryl methyl sites for hydroxylation is 1. The zero-order valence-electron chi connectivity index (χ0n) is 8.61. The van der Waals surface area contributed by atoms with Crippen molar-refractivity contribution in [3.63, 3.8) is 0 Å². The quantitative estimate of drug-likeness (QED) is 0.701. The molecule has 0 aliphatic carbocycles. The molecule has 5 heteroatoms. The minimum atomic E-state index is 0.698. The molecule has 0 spiro atoms. The van der Waals surface area contributed by atoms with Gasteiger partial charge in [0.2, 0.25) is 0 Å². The Hall–Kier alpha value is -1.81. The normalized spacial score (nSPS) is 11.1. The van der Waals surface area contributed by atoms with Crippen LogP contribution in [-0.2, 0) is 7.05 Å². The lowest BCUT2D eigenvalue weighted by Gasteiger charge is -1.87. The van der Waals surface area contributed by atoms with Crippen LogP contribution >= 0.6 is 11.6 Å². The van der Waals surface area contributed by atoms with Gasteiger partial charge in [0.1, 0.15) is 5.69 Å². The van der Waals surface area contributed by atoms with Crippen molar-refractivity contribution < 1.29 is 0 Å². The first-order valence-electron chi connectivity index (χ1n) is 4.86. The molecule has 80 valence electrons. The lowest BCUT2D eigenvalue weighted by molar-refractivity contribution is 0.913. The summed E-state index contributed by atoms with van der Waals surface area (Å²) in [5.41, 5.74) is 2.65.